The summed E-state index contributed by atoms with van der Waals surface area (Å²) in [5.41, 5.74) is 0.109. The predicted octanol–water partition coefficient (Wildman–Crippen LogP) is 0.862. The number of hydrogen-bond donors (Lipinski definition) is 2. The number of hydrogen-bond acceptors (Lipinski definition) is 2. The van der Waals surface area contributed by atoms with Gasteiger partial charge < -0.3 is 10.6 Å². The lowest BCUT2D eigenvalue weighted by Crippen LogP contribution is -2.53. The Morgan fingerprint density at radius 1 is 1.33 bits per heavy atom. The molecule has 0 bridgehead atoms. The Kier molecular flexibility index (Phi) is 3.32. The van der Waals surface area contributed by atoms with E-state index < -0.39 is 6.17 Å². The molecule has 12 heavy (non-hydrogen) atoms. The van der Waals surface area contributed by atoms with Gasteiger partial charge in [0.2, 0.25) is 0 Å². The molecule has 0 saturated carbocycles. The highest BCUT2D eigenvalue weighted by Gasteiger charge is 2.38. The Balaban J connectivity index is 0.000000720. The Bertz CT molecular complexity index is 148. The first-order valence-electron chi connectivity index (χ1n) is 4.41. The van der Waals surface area contributed by atoms with Gasteiger partial charge in [0.1, 0.15) is 6.17 Å². The van der Waals surface area contributed by atoms with Crippen molar-refractivity contribution in [3.05, 3.63) is 0 Å². The maximum Gasteiger partial charge on any atom is 0.103 e. The standard InChI is InChI=1S/C8H15FN2.ClH/c9-7-1-3-11-8(5-7)2-4-10-6-8;/h7,10-11H,1-6H2;1H. The molecule has 72 valence electrons. The zero-order valence-electron chi connectivity index (χ0n) is 7.11. The highest BCUT2D eigenvalue weighted by Crippen LogP contribution is 2.26. The van der Waals surface area contributed by atoms with Crippen molar-refractivity contribution in [2.75, 3.05) is 19.6 Å². The maximum atomic E-state index is 13.0. The van der Waals surface area contributed by atoms with E-state index in [4.69, 9.17) is 0 Å². The minimum absolute atomic E-state index is 0. The largest absolute Gasteiger partial charge is 0.315 e. The third-order valence-electron chi connectivity index (χ3n) is 2.81. The Morgan fingerprint density at radius 2 is 2.17 bits per heavy atom. The molecule has 2 rings (SSSR count). The van der Waals surface area contributed by atoms with E-state index in [1.54, 1.807) is 0 Å². The van der Waals surface area contributed by atoms with Crippen LogP contribution >= 0.6 is 12.4 Å². The molecule has 0 aromatic carbocycles. The van der Waals surface area contributed by atoms with Crippen LogP contribution in [0.15, 0.2) is 0 Å². The summed E-state index contributed by atoms with van der Waals surface area (Å²) in [4.78, 5) is 0. The molecule has 0 aliphatic carbocycles. The van der Waals surface area contributed by atoms with E-state index in [1.165, 1.54) is 0 Å². The van der Waals surface area contributed by atoms with Crippen LogP contribution in [-0.4, -0.2) is 31.3 Å². The average molecular weight is 195 g/mol. The highest BCUT2D eigenvalue weighted by atomic mass is 35.5. The van der Waals surface area contributed by atoms with Crippen molar-refractivity contribution in [2.24, 2.45) is 0 Å². The molecule has 4 heteroatoms. The molecule has 0 radical (unpaired) electrons. The van der Waals surface area contributed by atoms with Gasteiger partial charge in [-0.1, -0.05) is 0 Å². The van der Waals surface area contributed by atoms with Crippen molar-refractivity contribution in [1.29, 1.82) is 0 Å². The van der Waals surface area contributed by atoms with Crippen molar-refractivity contribution in [2.45, 2.75) is 31.0 Å². The lowest BCUT2D eigenvalue weighted by atomic mass is 9.87. The summed E-state index contributed by atoms with van der Waals surface area (Å²) in [6, 6.07) is 0. The van der Waals surface area contributed by atoms with Gasteiger partial charge in [-0.25, -0.2) is 4.39 Å². The van der Waals surface area contributed by atoms with E-state index in [1.807, 2.05) is 0 Å². The minimum Gasteiger partial charge on any atom is -0.315 e. The van der Waals surface area contributed by atoms with Crippen molar-refractivity contribution < 1.29 is 4.39 Å². The van der Waals surface area contributed by atoms with Crippen LogP contribution in [0.4, 0.5) is 4.39 Å². The summed E-state index contributed by atoms with van der Waals surface area (Å²) in [5, 5.41) is 6.70. The van der Waals surface area contributed by atoms with Gasteiger partial charge in [-0.15, -0.1) is 12.4 Å². The fourth-order valence-corrected chi connectivity index (χ4v) is 2.16. The van der Waals surface area contributed by atoms with Crippen LogP contribution in [0.5, 0.6) is 0 Å². The number of nitrogens with one attached hydrogen (secondary N) is 2. The van der Waals surface area contributed by atoms with Crippen LogP contribution in [0, 0.1) is 0 Å². The van der Waals surface area contributed by atoms with Gasteiger partial charge >= 0.3 is 0 Å². The van der Waals surface area contributed by atoms with Crippen molar-refractivity contribution in [3.63, 3.8) is 0 Å². The third kappa shape index (κ3) is 1.90. The monoisotopic (exact) mass is 194 g/mol. The van der Waals surface area contributed by atoms with E-state index in [0.29, 0.717) is 12.8 Å². The lowest BCUT2D eigenvalue weighted by Gasteiger charge is -2.35. The number of rotatable bonds is 0. The summed E-state index contributed by atoms with van der Waals surface area (Å²) in [7, 11) is 0. The smallest absolute Gasteiger partial charge is 0.103 e. The van der Waals surface area contributed by atoms with Gasteiger partial charge in [-0.05, 0) is 32.4 Å². The number of halogens is 2. The molecule has 1 spiro atoms. The van der Waals surface area contributed by atoms with Gasteiger partial charge in [-0.2, -0.15) is 0 Å². The van der Waals surface area contributed by atoms with E-state index >= 15 is 0 Å². The van der Waals surface area contributed by atoms with E-state index in [0.717, 1.165) is 26.1 Å². The van der Waals surface area contributed by atoms with Crippen LogP contribution in [0.3, 0.4) is 0 Å². The van der Waals surface area contributed by atoms with Crippen LogP contribution in [-0.2, 0) is 0 Å². The summed E-state index contributed by atoms with van der Waals surface area (Å²) in [6.07, 6.45) is 1.92. The summed E-state index contributed by atoms with van der Waals surface area (Å²) >= 11 is 0. The molecule has 2 fully saturated rings. The second kappa shape index (κ2) is 3.90. The van der Waals surface area contributed by atoms with Crippen LogP contribution in [0.2, 0.25) is 0 Å². The van der Waals surface area contributed by atoms with Crippen LogP contribution in [0.25, 0.3) is 0 Å². The summed E-state index contributed by atoms with van der Waals surface area (Å²) in [5.74, 6) is 0. The Labute approximate surface area is 78.7 Å². The molecular formula is C8H16ClFN2. The lowest BCUT2D eigenvalue weighted by molar-refractivity contribution is 0.165. The zero-order chi connectivity index (χ0) is 7.73. The molecule has 0 aromatic rings. The van der Waals surface area contributed by atoms with Crippen molar-refractivity contribution in [1.82, 2.24) is 10.6 Å². The Morgan fingerprint density at radius 3 is 2.75 bits per heavy atom. The number of piperidine rings is 1. The van der Waals surface area contributed by atoms with Gasteiger partial charge in [0.05, 0.1) is 0 Å². The maximum absolute atomic E-state index is 13.0. The average Bonchev–Trinajstić information content (AvgIpc) is 2.37. The van der Waals surface area contributed by atoms with E-state index in [-0.39, 0.29) is 17.9 Å². The van der Waals surface area contributed by atoms with Gasteiger partial charge in [0, 0.05) is 12.1 Å². The summed E-state index contributed by atoms with van der Waals surface area (Å²) in [6.45, 7) is 2.84. The fourth-order valence-electron chi connectivity index (χ4n) is 2.16. The molecule has 2 saturated heterocycles. The zero-order valence-corrected chi connectivity index (χ0v) is 7.92. The molecule has 2 aliphatic heterocycles. The van der Waals surface area contributed by atoms with Crippen LogP contribution in [0.1, 0.15) is 19.3 Å². The van der Waals surface area contributed by atoms with Gasteiger partial charge in [0.25, 0.3) is 0 Å². The molecule has 0 aromatic heterocycles. The highest BCUT2D eigenvalue weighted by molar-refractivity contribution is 5.85. The molecule has 2 heterocycles. The molecule has 2 unspecified atom stereocenters. The van der Waals surface area contributed by atoms with Crippen molar-refractivity contribution >= 4 is 12.4 Å². The number of alkyl halides is 1. The SMILES string of the molecule is Cl.FC1CCNC2(CCNC2)C1. The minimum atomic E-state index is -0.573. The second-order valence-corrected chi connectivity index (χ2v) is 3.72. The van der Waals surface area contributed by atoms with Gasteiger partial charge in [-0.3, -0.25) is 0 Å². The first kappa shape index (κ1) is 10.2. The topological polar surface area (TPSA) is 24.1 Å². The third-order valence-corrected chi connectivity index (χ3v) is 2.81. The van der Waals surface area contributed by atoms with E-state index in [2.05, 4.69) is 10.6 Å². The molecular weight excluding hydrogens is 179 g/mol. The quantitative estimate of drug-likeness (QED) is 0.598. The van der Waals surface area contributed by atoms with Gasteiger partial charge in [0.15, 0.2) is 0 Å². The molecule has 2 nitrogen and oxygen atoms in total. The second-order valence-electron chi connectivity index (χ2n) is 3.72. The summed E-state index contributed by atoms with van der Waals surface area (Å²) < 4.78 is 13.0. The first-order chi connectivity index (χ1) is 5.31. The molecule has 2 atom stereocenters. The normalized spacial score (nSPS) is 41.2. The molecule has 2 N–H and O–H groups in total. The Hall–Kier alpha value is 0.140. The molecule has 2 aliphatic rings. The molecule has 0 amide bonds. The van der Waals surface area contributed by atoms with E-state index in [9.17, 15) is 4.39 Å². The predicted molar refractivity (Wildman–Crippen MR) is 49.6 cm³/mol. The van der Waals surface area contributed by atoms with Crippen LogP contribution < -0.4 is 10.6 Å². The first-order valence-corrected chi connectivity index (χ1v) is 4.41. The van der Waals surface area contributed by atoms with Crippen molar-refractivity contribution in [3.8, 4) is 0 Å². The fraction of sp³-hybridized carbons (Fsp3) is 1.00.